The second-order valence-electron chi connectivity index (χ2n) is 6.60. The number of carbonyl (C=O) groups is 1. The number of aliphatic hydroxyl groups excluding tert-OH is 1. The highest BCUT2D eigenvalue weighted by atomic mass is 16.3. The fourth-order valence-electron chi connectivity index (χ4n) is 3.66. The third-order valence-electron chi connectivity index (χ3n) is 4.98. The van der Waals surface area contributed by atoms with E-state index in [-0.39, 0.29) is 12.0 Å². The Balaban J connectivity index is 1.62. The van der Waals surface area contributed by atoms with Gasteiger partial charge >= 0.3 is 0 Å². The number of piperidine rings is 1. The largest absolute Gasteiger partial charge is 0.391 e. The van der Waals surface area contributed by atoms with Gasteiger partial charge in [-0.05, 0) is 44.2 Å². The molecule has 2 aliphatic rings. The highest BCUT2D eigenvalue weighted by molar-refractivity contribution is 5.77. The number of aliphatic hydroxyl groups is 1. The number of carbonyl (C=O) groups excluding carboxylic acids is 1. The van der Waals surface area contributed by atoms with Gasteiger partial charge in [0.2, 0.25) is 5.91 Å². The van der Waals surface area contributed by atoms with Crippen LogP contribution in [0.2, 0.25) is 0 Å². The third kappa shape index (κ3) is 3.27. The molecule has 2 unspecified atom stereocenters. The number of anilines is 1. The highest BCUT2D eigenvalue weighted by Gasteiger charge is 2.25. The van der Waals surface area contributed by atoms with E-state index in [9.17, 15) is 9.90 Å². The Morgan fingerprint density at radius 3 is 2.95 bits per heavy atom. The monoisotopic (exact) mass is 302 g/mol. The maximum absolute atomic E-state index is 12.4. The average Bonchev–Trinajstić information content (AvgIpc) is 2.53. The predicted molar refractivity (Wildman–Crippen MR) is 88.0 cm³/mol. The molecule has 4 heteroatoms. The van der Waals surface area contributed by atoms with Crippen LogP contribution in [0.5, 0.6) is 0 Å². The molecule has 0 radical (unpaired) electrons. The molecular formula is C18H26N2O2. The topological polar surface area (TPSA) is 43.8 Å². The number of aryl methyl sites for hydroxylation is 1. The van der Waals surface area contributed by atoms with Gasteiger partial charge in [-0.15, -0.1) is 0 Å². The van der Waals surface area contributed by atoms with Crippen LogP contribution in [0.4, 0.5) is 5.69 Å². The molecule has 120 valence electrons. The first-order valence-electron chi connectivity index (χ1n) is 8.45. The van der Waals surface area contributed by atoms with Crippen LogP contribution in [0, 0.1) is 0 Å². The van der Waals surface area contributed by atoms with Gasteiger partial charge in [-0.3, -0.25) is 4.79 Å². The van der Waals surface area contributed by atoms with E-state index in [0.717, 1.165) is 38.8 Å². The Morgan fingerprint density at radius 2 is 2.14 bits per heavy atom. The maximum Gasteiger partial charge on any atom is 0.224 e. The van der Waals surface area contributed by atoms with Crippen molar-refractivity contribution in [2.75, 3.05) is 24.5 Å². The molecule has 4 nitrogen and oxygen atoms in total. The van der Waals surface area contributed by atoms with Crippen LogP contribution in [0.25, 0.3) is 0 Å². The third-order valence-corrected chi connectivity index (χ3v) is 4.98. The standard InChI is InChI=1S/C18H26N2O2/c1-14-8-9-15-5-2-3-7-17(15)20(14)12-10-18(22)19-11-4-6-16(21)13-19/h2-3,5,7,14,16,21H,4,6,8-13H2,1H3. The Hall–Kier alpha value is -1.55. The molecule has 1 saturated heterocycles. The fourth-order valence-corrected chi connectivity index (χ4v) is 3.66. The second kappa shape index (κ2) is 6.69. The van der Waals surface area contributed by atoms with E-state index in [2.05, 4.69) is 36.1 Å². The highest BCUT2D eigenvalue weighted by Crippen LogP contribution is 2.30. The minimum absolute atomic E-state index is 0.175. The van der Waals surface area contributed by atoms with Crippen molar-refractivity contribution < 1.29 is 9.90 Å². The van der Waals surface area contributed by atoms with E-state index in [0.29, 0.717) is 19.0 Å². The average molecular weight is 302 g/mol. The zero-order valence-corrected chi connectivity index (χ0v) is 13.4. The summed E-state index contributed by atoms with van der Waals surface area (Å²) in [4.78, 5) is 16.6. The molecule has 0 saturated carbocycles. The van der Waals surface area contributed by atoms with E-state index in [4.69, 9.17) is 0 Å². The number of hydrogen-bond acceptors (Lipinski definition) is 3. The smallest absolute Gasteiger partial charge is 0.224 e. The normalized spacial score (nSPS) is 25.0. The number of amides is 1. The second-order valence-corrected chi connectivity index (χ2v) is 6.60. The van der Waals surface area contributed by atoms with E-state index in [1.54, 1.807) is 0 Å². The molecule has 2 heterocycles. The first-order valence-corrected chi connectivity index (χ1v) is 8.45. The molecule has 22 heavy (non-hydrogen) atoms. The lowest BCUT2D eigenvalue weighted by molar-refractivity contribution is -0.134. The van der Waals surface area contributed by atoms with E-state index in [1.165, 1.54) is 11.3 Å². The summed E-state index contributed by atoms with van der Waals surface area (Å²) in [5, 5.41) is 9.71. The predicted octanol–water partition coefficient (Wildman–Crippen LogP) is 2.20. The van der Waals surface area contributed by atoms with Gasteiger partial charge in [0.25, 0.3) is 0 Å². The zero-order chi connectivity index (χ0) is 15.5. The van der Waals surface area contributed by atoms with Crippen LogP contribution in [0.1, 0.15) is 38.2 Å². The van der Waals surface area contributed by atoms with Gasteiger partial charge in [0.15, 0.2) is 0 Å². The van der Waals surface area contributed by atoms with Crippen molar-refractivity contribution >= 4 is 11.6 Å². The molecule has 0 spiro atoms. The van der Waals surface area contributed by atoms with Crippen molar-refractivity contribution in [1.29, 1.82) is 0 Å². The van der Waals surface area contributed by atoms with Crippen molar-refractivity contribution in [3.63, 3.8) is 0 Å². The molecule has 0 aromatic heterocycles. The Labute approximate surface area is 132 Å². The van der Waals surface area contributed by atoms with E-state index >= 15 is 0 Å². The minimum Gasteiger partial charge on any atom is -0.391 e. The summed E-state index contributed by atoms with van der Waals surface area (Å²) in [6.45, 7) is 4.31. The summed E-state index contributed by atoms with van der Waals surface area (Å²) in [6.07, 6.45) is 4.20. The van der Waals surface area contributed by atoms with Gasteiger partial charge in [0, 0.05) is 37.8 Å². The van der Waals surface area contributed by atoms with Crippen LogP contribution >= 0.6 is 0 Å². The van der Waals surface area contributed by atoms with Gasteiger partial charge in [0.05, 0.1) is 6.10 Å². The Kier molecular flexibility index (Phi) is 4.67. The first-order chi connectivity index (χ1) is 10.6. The van der Waals surface area contributed by atoms with E-state index < -0.39 is 0 Å². The van der Waals surface area contributed by atoms with Gasteiger partial charge in [-0.2, -0.15) is 0 Å². The summed E-state index contributed by atoms with van der Waals surface area (Å²) in [7, 11) is 0. The first kappa shape index (κ1) is 15.3. The van der Waals surface area contributed by atoms with Gasteiger partial charge < -0.3 is 14.9 Å². The Bertz CT molecular complexity index is 532. The molecule has 1 N–H and O–H groups in total. The molecule has 2 aliphatic heterocycles. The molecule has 1 aromatic carbocycles. The molecule has 0 aliphatic carbocycles. The molecule has 0 bridgehead atoms. The van der Waals surface area contributed by atoms with Crippen LogP contribution < -0.4 is 4.90 Å². The van der Waals surface area contributed by atoms with Crippen molar-refractivity contribution in [3.8, 4) is 0 Å². The van der Waals surface area contributed by atoms with Crippen LogP contribution in [0.15, 0.2) is 24.3 Å². The lowest BCUT2D eigenvalue weighted by atomic mass is 9.96. The Morgan fingerprint density at radius 1 is 1.32 bits per heavy atom. The molecular weight excluding hydrogens is 276 g/mol. The summed E-state index contributed by atoms with van der Waals surface area (Å²) in [5.41, 5.74) is 2.68. The van der Waals surface area contributed by atoms with Gasteiger partial charge in [-0.25, -0.2) is 0 Å². The maximum atomic E-state index is 12.4. The molecule has 1 aromatic rings. The SMILES string of the molecule is CC1CCc2ccccc2N1CCC(=O)N1CCCC(O)C1. The summed E-state index contributed by atoms with van der Waals surface area (Å²) in [5.74, 6) is 0.175. The van der Waals surface area contributed by atoms with Crippen molar-refractivity contribution in [2.45, 2.75) is 51.2 Å². The van der Waals surface area contributed by atoms with Crippen LogP contribution in [-0.2, 0) is 11.2 Å². The van der Waals surface area contributed by atoms with Crippen molar-refractivity contribution in [2.24, 2.45) is 0 Å². The van der Waals surface area contributed by atoms with Crippen molar-refractivity contribution in [1.82, 2.24) is 4.90 Å². The minimum atomic E-state index is -0.340. The number of rotatable bonds is 3. The zero-order valence-electron chi connectivity index (χ0n) is 13.4. The van der Waals surface area contributed by atoms with Crippen LogP contribution in [0.3, 0.4) is 0 Å². The summed E-state index contributed by atoms with van der Waals surface area (Å²) in [6, 6.07) is 9.01. The van der Waals surface area contributed by atoms with E-state index in [1.807, 2.05) is 4.90 Å². The lowest BCUT2D eigenvalue weighted by Crippen LogP contribution is -2.44. The lowest BCUT2D eigenvalue weighted by Gasteiger charge is -2.38. The van der Waals surface area contributed by atoms with Gasteiger partial charge in [0.1, 0.15) is 0 Å². The van der Waals surface area contributed by atoms with Gasteiger partial charge in [-0.1, -0.05) is 18.2 Å². The molecule has 1 fully saturated rings. The molecule has 2 atom stereocenters. The fraction of sp³-hybridized carbons (Fsp3) is 0.611. The number of para-hydroxylation sites is 1. The van der Waals surface area contributed by atoms with Crippen molar-refractivity contribution in [3.05, 3.63) is 29.8 Å². The molecule has 1 amide bonds. The number of hydrogen-bond donors (Lipinski definition) is 1. The number of benzene rings is 1. The number of nitrogens with zero attached hydrogens (tertiary/aromatic N) is 2. The number of fused-ring (bicyclic) bond motifs is 1. The summed E-state index contributed by atoms with van der Waals surface area (Å²) >= 11 is 0. The summed E-state index contributed by atoms with van der Waals surface area (Å²) < 4.78 is 0. The number of likely N-dealkylation sites (tertiary alicyclic amines) is 1. The number of β-amino-alcohol motifs (C(OH)–C–C–N with tert-alkyl or cyclic N) is 1. The van der Waals surface area contributed by atoms with Crippen LogP contribution in [-0.4, -0.2) is 47.7 Å². The molecule has 3 rings (SSSR count). The quantitative estimate of drug-likeness (QED) is 0.931.